The van der Waals surface area contributed by atoms with E-state index in [1.54, 1.807) is 0 Å². The van der Waals surface area contributed by atoms with E-state index in [9.17, 15) is 4.91 Å². The van der Waals surface area contributed by atoms with Gasteiger partial charge >= 0.3 is 0 Å². The van der Waals surface area contributed by atoms with Gasteiger partial charge in [-0.1, -0.05) is 30.3 Å². The van der Waals surface area contributed by atoms with Crippen molar-refractivity contribution in [2.45, 2.75) is 19.4 Å². The van der Waals surface area contributed by atoms with Gasteiger partial charge in [0.2, 0.25) is 0 Å². The van der Waals surface area contributed by atoms with Gasteiger partial charge in [0.05, 0.1) is 5.29 Å². The van der Waals surface area contributed by atoms with Crippen molar-refractivity contribution in [3.63, 3.8) is 0 Å². The lowest BCUT2D eigenvalue weighted by Gasteiger charge is -2.26. The largest absolute Gasteiger partial charge is 0.298 e. The van der Waals surface area contributed by atoms with E-state index in [1.165, 1.54) is 5.56 Å². The maximum Gasteiger partial charge on any atom is 0.0797 e. The molecule has 0 radical (unpaired) electrons. The molecule has 0 atom stereocenters. The number of likely N-dealkylation sites (tertiary alicyclic amines) is 1. The standard InChI is InChI=1S/C12H15N3O/c16-14-13-12-6-8-15(9-7-12)10-11-4-2-1-3-5-11/h1-5H,6-10H2. The smallest absolute Gasteiger partial charge is 0.0797 e. The number of nitroso groups, excluding NO2 is 1. The summed E-state index contributed by atoms with van der Waals surface area (Å²) in [5.74, 6) is 0. The first-order valence-electron chi connectivity index (χ1n) is 5.53. The molecule has 0 spiro atoms. The van der Waals surface area contributed by atoms with Crippen LogP contribution in [0.1, 0.15) is 18.4 Å². The van der Waals surface area contributed by atoms with Gasteiger partial charge in [-0.25, -0.2) is 0 Å². The normalized spacial score (nSPS) is 17.1. The van der Waals surface area contributed by atoms with Crippen molar-refractivity contribution < 1.29 is 0 Å². The molecule has 1 heterocycles. The fourth-order valence-corrected chi connectivity index (χ4v) is 1.97. The van der Waals surface area contributed by atoms with Crippen LogP contribution in [0.25, 0.3) is 0 Å². The average molecular weight is 217 g/mol. The molecule has 4 heteroatoms. The topological polar surface area (TPSA) is 45.0 Å². The lowest BCUT2D eigenvalue weighted by Crippen LogP contribution is -2.33. The summed E-state index contributed by atoms with van der Waals surface area (Å²) >= 11 is 0. The molecule has 16 heavy (non-hydrogen) atoms. The second-order valence-electron chi connectivity index (χ2n) is 4.01. The predicted molar refractivity (Wildman–Crippen MR) is 64.2 cm³/mol. The van der Waals surface area contributed by atoms with Crippen LogP contribution in [0.4, 0.5) is 0 Å². The van der Waals surface area contributed by atoms with Gasteiger partial charge in [0.15, 0.2) is 0 Å². The van der Waals surface area contributed by atoms with Crippen LogP contribution in [-0.2, 0) is 6.54 Å². The highest BCUT2D eigenvalue weighted by Gasteiger charge is 2.15. The summed E-state index contributed by atoms with van der Waals surface area (Å²) < 4.78 is 0. The van der Waals surface area contributed by atoms with E-state index < -0.39 is 0 Å². The molecular formula is C12H15N3O. The molecule has 0 bridgehead atoms. The number of benzene rings is 1. The Morgan fingerprint density at radius 2 is 1.81 bits per heavy atom. The van der Waals surface area contributed by atoms with E-state index in [1.807, 2.05) is 6.07 Å². The van der Waals surface area contributed by atoms with Crippen molar-refractivity contribution in [1.29, 1.82) is 0 Å². The summed E-state index contributed by atoms with van der Waals surface area (Å²) in [5.41, 5.74) is 2.26. The Kier molecular flexibility index (Phi) is 3.77. The van der Waals surface area contributed by atoms with Crippen LogP contribution in [0.3, 0.4) is 0 Å². The van der Waals surface area contributed by atoms with Gasteiger partial charge in [0, 0.05) is 38.2 Å². The second kappa shape index (κ2) is 5.51. The van der Waals surface area contributed by atoms with Crippen molar-refractivity contribution in [1.82, 2.24) is 4.90 Å². The van der Waals surface area contributed by atoms with Crippen molar-refractivity contribution in [2.75, 3.05) is 13.1 Å². The third-order valence-corrected chi connectivity index (χ3v) is 2.86. The minimum Gasteiger partial charge on any atom is -0.298 e. The summed E-state index contributed by atoms with van der Waals surface area (Å²) in [6.07, 6.45) is 1.72. The summed E-state index contributed by atoms with van der Waals surface area (Å²) in [4.78, 5) is 12.4. The first kappa shape index (κ1) is 11.0. The Morgan fingerprint density at radius 1 is 1.12 bits per heavy atom. The van der Waals surface area contributed by atoms with E-state index >= 15 is 0 Å². The van der Waals surface area contributed by atoms with Crippen LogP contribution >= 0.6 is 0 Å². The molecule has 0 saturated carbocycles. The monoisotopic (exact) mass is 217 g/mol. The van der Waals surface area contributed by atoms with Crippen molar-refractivity contribution in [2.24, 2.45) is 10.4 Å². The minimum atomic E-state index is 0.860. The first-order chi connectivity index (χ1) is 7.88. The molecule has 1 aromatic carbocycles. The van der Waals surface area contributed by atoms with E-state index in [0.29, 0.717) is 0 Å². The number of nitrogens with zero attached hydrogens (tertiary/aromatic N) is 3. The Bertz CT molecular complexity index is 365. The summed E-state index contributed by atoms with van der Waals surface area (Å²) in [6.45, 7) is 2.90. The van der Waals surface area contributed by atoms with Crippen LogP contribution in [0.5, 0.6) is 0 Å². The van der Waals surface area contributed by atoms with Crippen LogP contribution in [0.15, 0.2) is 40.7 Å². The maximum atomic E-state index is 9.99. The lowest BCUT2D eigenvalue weighted by atomic mass is 10.1. The second-order valence-corrected chi connectivity index (χ2v) is 4.01. The summed E-state index contributed by atoms with van der Waals surface area (Å²) in [5, 5.41) is 6.17. The Labute approximate surface area is 94.9 Å². The number of hydrogen-bond donors (Lipinski definition) is 0. The van der Waals surface area contributed by atoms with Gasteiger partial charge < -0.3 is 0 Å². The van der Waals surface area contributed by atoms with Crippen LogP contribution < -0.4 is 0 Å². The molecule has 0 amide bonds. The molecule has 0 N–H and O–H groups in total. The van der Waals surface area contributed by atoms with Gasteiger partial charge in [-0.2, -0.15) is 0 Å². The Balaban J connectivity index is 1.86. The minimum absolute atomic E-state index is 0.860. The van der Waals surface area contributed by atoms with Gasteiger partial charge in [0.25, 0.3) is 0 Å². The molecule has 1 aromatic rings. The number of rotatable bonds is 3. The van der Waals surface area contributed by atoms with Crippen molar-refractivity contribution in [3.8, 4) is 0 Å². The number of piperidine rings is 1. The Morgan fingerprint density at radius 3 is 2.44 bits per heavy atom. The van der Waals surface area contributed by atoms with Crippen molar-refractivity contribution in [3.05, 3.63) is 40.8 Å². The molecular weight excluding hydrogens is 202 g/mol. The van der Waals surface area contributed by atoms with Gasteiger partial charge in [-0.05, 0) is 5.56 Å². The van der Waals surface area contributed by atoms with Crippen molar-refractivity contribution >= 4 is 5.71 Å². The van der Waals surface area contributed by atoms with E-state index in [2.05, 4.69) is 39.6 Å². The quantitative estimate of drug-likeness (QED) is 0.576. The zero-order valence-electron chi connectivity index (χ0n) is 9.17. The molecule has 1 fully saturated rings. The summed E-state index contributed by atoms with van der Waals surface area (Å²) in [7, 11) is 0. The van der Waals surface area contributed by atoms with Gasteiger partial charge in [0.1, 0.15) is 0 Å². The molecule has 4 nitrogen and oxygen atoms in total. The maximum absolute atomic E-state index is 9.99. The number of hydrogen-bond acceptors (Lipinski definition) is 3. The zero-order chi connectivity index (χ0) is 11.2. The third-order valence-electron chi connectivity index (χ3n) is 2.86. The highest BCUT2D eigenvalue weighted by molar-refractivity contribution is 5.85. The van der Waals surface area contributed by atoms with E-state index in [0.717, 1.165) is 38.2 Å². The molecule has 2 rings (SSSR count). The van der Waals surface area contributed by atoms with Gasteiger partial charge in [-0.3, -0.25) is 4.90 Å². The SMILES string of the molecule is O=NN=C1CCN(Cc2ccccc2)CC1. The van der Waals surface area contributed by atoms with Crippen LogP contribution in [0, 0.1) is 4.91 Å². The molecule has 1 aliphatic rings. The fraction of sp³-hybridized carbons (Fsp3) is 0.417. The molecule has 84 valence electrons. The van der Waals surface area contributed by atoms with E-state index in [-0.39, 0.29) is 0 Å². The molecule has 0 aromatic heterocycles. The first-order valence-corrected chi connectivity index (χ1v) is 5.53. The molecule has 0 unspecified atom stereocenters. The predicted octanol–water partition coefficient (Wildman–Crippen LogP) is 2.40. The lowest BCUT2D eigenvalue weighted by molar-refractivity contribution is 0.266. The third kappa shape index (κ3) is 2.97. The molecule has 1 saturated heterocycles. The van der Waals surface area contributed by atoms with Gasteiger partial charge in [-0.15, -0.1) is 10.0 Å². The fourth-order valence-electron chi connectivity index (χ4n) is 1.97. The Hall–Kier alpha value is -1.55. The highest BCUT2D eigenvalue weighted by Crippen LogP contribution is 2.11. The average Bonchev–Trinajstić information content (AvgIpc) is 2.33. The van der Waals surface area contributed by atoms with Crippen LogP contribution in [-0.4, -0.2) is 23.7 Å². The van der Waals surface area contributed by atoms with E-state index in [4.69, 9.17) is 0 Å². The zero-order valence-corrected chi connectivity index (χ0v) is 9.17. The highest BCUT2D eigenvalue weighted by atomic mass is 16.3. The van der Waals surface area contributed by atoms with Crippen LogP contribution in [0.2, 0.25) is 0 Å². The molecule has 0 aliphatic carbocycles. The summed E-state index contributed by atoms with van der Waals surface area (Å²) in [6, 6.07) is 10.4. The molecule has 1 aliphatic heterocycles.